The van der Waals surface area contributed by atoms with Gasteiger partial charge in [-0.25, -0.2) is 0 Å². The first kappa shape index (κ1) is 21.0. The Hall–Kier alpha value is -2.77. The van der Waals surface area contributed by atoms with E-state index in [1.165, 1.54) is 0 Å². The minimum atomic E-state index is -0.662. The van der Waals surface area contributed by atoms with Crippen LogP contribution < -0.4 is 20.1 Å². The van der Waals surface area contributed by atoms with Crippen LogP contribution in [0, 0.1) is 11.3 Å². The van der Waals surface area contributed by atoms with Crippen LogP contribution in [0.25, 0.3) is 0 Å². The highest BCUT2D eigenvalue weighted by Gasteiger charge is 2.53. The summed E-state index contributed by atoms with van der Waals surface area (Å²) < 4.78 is 10.5. The fourth-order valence-electron chi connectivity index (χ4n) is 4.09. The summed E-state index contributed by atoms with van der Waals surface area (Å²) in [6.07, 6.45) is 0.993. The molecule has 158 valence electrons. The van der Waals surface area contributed by atoms with Gasteiger partial charge in [0.2, 0.25) is 17.7 Å². The molecule has 2 fully saturated rings. The van der Waals surface area contributed by atoms with Gasteiger partial charge in [-0.3, -0.25) is 14.4 Å². The van der Waals surface area contributed by atoms with Gasteiger partial charge in [-0.05, 0) is 25.0 Å². The second-order valence-corrected chi connectivity index (χ2v) is 8.07. The molecule has 0 unspecified atom stereocenters. The number of benzene rings is 1. The summed E-state index contributed by atoms with van der Waals surface area (Å²) >= 11 is 0. The number of rotatable bonds is 6. The molecule has 1 aromatic carbocycles. The monoisotopic (exact) mass is 403 g/mol. The van der Waals surface area contributed by atoms with Gasteiger partial charge in [0.1, 0.15) is 17.5 Å². The summed E-state index contributed by atoms with van der Waals surface area (Å²) in [5.74, 6) is 0.863. The Kier molecular flexibility index (Phi) is 6.00. The van der Waals surface area contributed by atoms with Crippen molar-refractivity contribution in [2.45, 2.75) is 39.3 Å². The Balaban J connectivity index is 1.61. The number of amides is 3. The smallest absolute Gasteiger partial charge is 0.242 e. The molecule has 0 saturated carbocycles. The third-order valence-corrected chi connectivity index (χ3v) is 5.81. The van der Waals surface area contributed by atoms with E-state index in [2.05, 4.69) is 10.6 Å². The summed E-state index contributed by atoms with van der Waals surface area (Å²) in [6, 6.07) is 4.79. The summed E-state index contributed by atoms with van der Waals surface area (Å²) in [4.78, 5) is 39.3. The van der Waals surface area contributed by atoms with Crippen molar-refractivity contribution < 1.29 is 23.9 Å². The molecule has 1 aromatic rings. The number of nitrogens with one attached hydrogen (secondary N) is 2. The molecular weight excluding hydrogens is 374 g/mol. The third kappa shape index (κ3) is 4.16. The Morgan fingerprint density at radius 3 is 2.72 bits per heavy atom. The van der Waals surface area contributed by atoms with Gasteiger partial charge in [0.05, 0.1) is 19.6 Å². The molecule has 2 aliphatic heterocycles. The van der Waals surface area contributed by atoms with Gasteiger partial charge in [0, 0.05) is 37.2 Å². The highest BCUT2D eigenvalue weighted by atomic mass is 16.5. The molecule has 0 aliphatic carbocycles. The van der Waals surface area contributed by atoms with Gasteiger partial charge in [0.15, 0.2) is 0 Å². The molecule has 1 spiro atoms. The average molecular weight is 403 g/mol. The fourth-order valence-corrected chi connectivity index (χ4v) is 4.09. The topological polar surface area (TPSA) is 97.0 Å². The van der Waals surface area contributed by atoms with Crippen LogP contribution in [0.15, 0.2) is 18.2 Å². The zero-order valence-electron chi connectivity index (χ0n) is 17.4. The first-order chi connectivity index (χ1) is 13.8. The normalized spacial score (nSPS) is 23.4. The van der Waals surface area contributed by atoms with E-state index in [4.69, 9.17) is 9.47 Å². The Bertz CT molecular complexity index is 810. The molecule has 2 N–H and O–H groups in total. The Morgan fingerprint density at radius 2 is 2.07 bits per heavy atom. The fraction of sp³-hybridized carbons (Fsp3) is 0.571. The molecule has 3 amide bonds. The van der Waals surface area contributed by atoms with Crippen molar-refractivity contribution in [1.82, 2.24) is 15.5 Å². The molecule has 0 bridgehead atoms. The number of hydrogen-bond donors (Lipinski definition) is 2. The van der Waals surface area contributed by atoms with Crippen molar-refractivity contribution in [3.8, 4) is 11.5 Å². The molecule has 2 aliphatic rings. The van der Waals surface area contributed by atoms with Crippen molar-refractivity contribution in [3.05, 3.63) is 23.8 Å². The zero-order chi connectivity index (χ0) is 21.2. The molecule has 3 rings (SSSR count). The number of nitrogens with zero attached hydrogens (tertiary/aromatic N) is 1. The molecule has 0 aromatic heterocycles. The second-order valence-electron chi connectivity index (χ2n) is 8.07. The lowest BCUT2D eigenvalue weighted by atomic mass is 9.84. The maximum absolute atomic E-state index is 12.7. The van der Waals surface area contributed by atoms with Gasteiger partial charge < -0.3 is 25.0 Å². The first-order valence-electron chi connectivity index (χ1n) is 9.88. The van der Waals surface area contributed by atoms with Crippen LogP contribution in [0.2, 0.25) is 0 Å². The summed E-state index contributed by atoms with van der Waals surface area (Å²) in [5.41, 5.74) is 0.153. The number of likely N-dealkylation sites (tertiary alicyclic amines) is 1. The second kappa shape index (κ2) is 8.31. The van der Waals surface area contributed by atoms with Gasteiger partial charge >= 0.3 is 0 Å². The van der Waals surface area contributed by atoms with E-state index in [-0.39, 0.29) is 30.2 Å². The minimum absolute atomic E-state index is 0.0502. The predicted octanol–water partition coefficient (Wildman–Crippen LogP) is 1.08. The Labute approximate surface area is 170 Å². The number of ether oxygens (including phenoxy) is 2. The first-order valence-corrected chi connectivity index (χ1v) is 9.88. The molecule has 8 nitrogen and oxygen atoms in total. The number of hydrogen-bond acceptors (Lipinski definition) is 5. The highest BCUT2D eigenvalue weighted by Crippen LogP contribution is 2.40. The standard InChI is InChI=1S/C21H29N3O5/c1-13(2)19(26)24-8-7-21(12-24)10-16(23-20(21)27)18(25)22-11-14-5-6-15(28-3)9-17(14)29-4/h5-6,9,13,16H,7-8,10-12H2,1-4H3,(H,22,25)(H,23,27)/t16-,21-/m0/s1. The van der Waals surface area contributed by atoms with E-state index in [1.54, 1.807) is 31.3 Å². The van der Waals surface area contributed by atoms with Crippen molar-refractivity contribution in [2.75, 3.05) is 27.3 Å². The van der Waals surface area contributed by atoms with E-state index in [9.17, 15) is 14.4 Å². The Morgan fingerprint density at radius 1 is 1.31 bits per heavy atom. The van der Waals surface area contributed by atoms with E-state index < -0.39 is 11.5 Å². The number of methoxy groups -OCH3 is 2. The van der Waals surface area contributed by atoms with E-state index in [0.717, 1.165) is 5.56 Å². The van der Waals surface area contributed by atoms with Crippen LogP contribution in [0.3, 0.4) is 0 Å². The number of carbonyl (C=O) groups is 3. The summed E-state index contributed by atoms with van der Waals surface area (Å²) in [6.45, 7) is 4.93. The van der Waals surface area contributed by atoms with Gasteiger partial charge in [0.25, 0.3) is 0 Å². The van der Waals surface area contributed by atoms with Crippen molar-refractivity contribution in [2.24, 2.45) is 11.3 Å². The van der Waals surface area contributed by atoms with Crippen LogP contribution in [0.5, 0.6) is 11.5 Å². The maximum Gasteiger partial charge on any atom is 0.242 e. The molecule has 8 heteroatoms. The molecule has 2 heterocycles. The SMILES string of the molecule is COc1ccc(CNC(=O)[C@@H]2C[C@]3(CCN(C(=O)C(C)C)C3)C(=O)N2)c(OC)c1. The lowest BCUT2D eigenvalue weighted by Gasteiger charge is -2.22. The average Bonchev–Trinajstić information content (AvgIpc) is 3.29. The largest absolute Gasteiger partial charge is 0.497 e. The molecule has 2 atom stereocenters. The van der Waals surface area contributed by atoms with Crippen LogP contribution >= 0.6 is 0 Å². The van der Waals surface area contributed by atoms with E-state index in [1.807, 2.05) is 19.9 Å². The van der Waals surface area contributed by atoms with Crippen molar-refractivity contribution in [3.63, 3.8) is 0 Å². The van der Waals surface area contributed by atoms with Crippen LogP contribution in [-0.2, 0) is 20.9 Å². The third-order valence-electron chi connectivity index (χ3n) is 5.81. The minimum Gasteiger partial charge on any atom is -0.497 e. The van der Waals surface area contributed by atoms with Gasteiger partial charge in [-0.15, -0.1) is 0 Å². The molecular formula is C21H29N3O5. The molecule has 29 heavy (non-hydrogen) atoms. The van der Waals surface area contributed by atoms with Crippen molar-refractivity contribution in [1.29, 1.82) is 0 Å². The predicted molar refractivity (Wildman–Crippen MR) is 106 cm³/mol. The van der Waals surface area contributed by atoms with Gasteiger partial charge in [-0.1, -0.05) is 13.8 Å². The molecule has 0 radical (unpaired) electrons. The zero-order valence-corrected chi connectivity index (χ0v) is 17.4. The molecule has 2 saturated heterocycles. The maximum atomic E-state index is 12.7. The summed E-state index contributed by atoms with van der Waals surface area (Å²) in [5, 5.41) is 5.70. The van der Waals surface area contributed by atoms with Crippen LogP contribution in [0.1, 0.15) is 32.3 Å². The van der Waals surface area contributed by atoms with Crippen molar-refractivity contribution >= 4 is 17.7 Å². The van der Waals surface area contributed by atoms with E-state index in [0.29, 0.717) is 37.4 Å². The lowest BCUT2D eigenvalue weighted by Crippen LogP contribution is -2.41. The highest BCUT2D eigenvalue weighted by molar-refractivity contribution is 5.95. The van der Waals surface area contributed by atoms with Crippen LogP contribution in [-0.4, -0.2) is 56.0 Å². The van der Waals surface area contributed by atoms with E-state index >= 15 is 0 Å². The van der Waals surface area contributed by atoms with Gasteiger partial charge in [-0.2, -0.15) is 0 Å². The number of carbonyl (C=O) groups excluding carboxylic acids is 3. The lowest BCUT2D eigenvalue weighted by molar-refractivity contribution is -0.134. The quantitative estimate of drug-likeness (QED) is 0.741. The summed E-state index contributed by atoms with van der Waals surface area (Å²) in [7, 11) is 3.14. The van der Waals surface area contributed by atoms with Crippen LogP contribution in [0.4, 0.5) is 0 Å².